The number of anilines is 1. The van der Waals surface area contributed by atoms with Gasteiger partial charge in [0.2, 0.25) is 0 Å². The number of carbonyl (C=O) groups is 1. The highest BCUT2D eigenvalue weighted by atomic mass is 32.2. The lowest BCUT2D eigenvalue weighted by Crippen LogP contribution is -2.27. The van der Waals surface area contributed by atoms with Crippen molar-refractivity contribution in [2.24, 2.45) is 0 Å². The first-order valence-corrected chi connectivity index (χ1v) is 9.48. The highest BCUT2D eigenvalue weighted by Gasteiger charge is 2.16. The van der Waals surface area contributed by atoms with Crippen LogP contribution < -0.4 is 5.32 Å². The molecule has 8 heteroatoms. The van der Waals surface area contributed by atoms with Crippen LogP contribution in [-0.2, 0) is 10.5 Å². The van der Waals surface area contributed by atoms with Crippen molar-refractivity contribution in [2.75, 3.05) is 5.32 Å². The second kappa shape index (κ2) is 7.37. The highest BCUT2D eigenvalue weighted by molar-refractivity contribution is 8.00. The third-order valence-electron chi connectivity index (χ3n) is 2.95. The van der Waals surface area contributed by atoms with E-state index < -0.39 is 11.7 Å². The van der Waals surface area contributed by atoms with Gasteiger partial charge in [-0.25, -0.2) is 19.7 Å². The van der Waals surface area contributed by atoms with Gasteiger partial charge in [0.25, 0.3) is 0 Å². The molecule has 0 radical (unpaired) electrons. The number of nitrogens with zero attached hydrogens (tertiary/aromatic N) is 3. The average Bonchev–Trinajstić information content (AvgIpc) is 2.95. The second-order valence-electron chi connectivity index (χ2n) is 6.25. The van der Waals surface area contributed by atoms with Crippen molar-refractivity contribution in [1.82, 2.24) is 15.0 Å². The van der Waals surface area contributed by atoms with Crippen molar-refractivity contribution >= 4 is 45.1 Å². The zero-order valence-electron chi connectivity index (χ0n) is 14.1. The van der Waals surface area contributed by atoms with Gasteiger partial charge in [0, 0.05) is 0 Å². The van der Waals surface area contributed by atoms with Gasteiger partial charge in [-0.2, -0.15) is 0 Å². The van der Waals surface area contributed by atoms with E-state index in [2.05, 4.69) is 26.3 Å². The maximum atomic E-state index is 11.7. The number of fused-ring (bicyclic) bond motifs is 1. The molecule has 0 aliphatic carbocycles. The number of hydrogen-bond donors (Lipinski definition) is 1. The molecule has 0 saturated heterocycles. The average molecular weight is 374 g/mol. The molecule has 0 fully saturated rings. The van der Waals surface area contributed by atoms with Crippen LogP contribution in [-0.4, -0.2) is 26.6 Å². The Morgan fingerprint density at radius 3 is 2.64 bits per heavy atom. The summed E-state index contributed by atoms with van der Waals surface area (Å²) in [5.41, 5.74) is 0.967. The van der Waals surface area contributed by atoms with Crippen LogP contribution in [0.3, 0.4) is 0 Å². The summed E-state index contributed by atoms with van der Waals surface area (Å²) in [7, 11) is 0. The summed E-state index contributed by atoms with van der Waals surface area (Å²) in [6.07, 6.45) is 2.63. The normalized spacial score (nSPS) is 11.5. The molecule has 0 atom stereocenters. The largest absolute Gasteiger partial charge is 0.444 e. The van der Waals surface area contributed by atoms with Crippen molar-refractivity contribution in [1.29, 1.82) is 0 Å². The van der Waals surface area contributed by atoms with Crippen LogP contribution in [0.4, 0.5) is 10.5 Å². The second-order valence-corrected chi connectivity index (χ2v) is 8.50. The Balaban J connectivity index is 1.56. The van der Waals surface area contributed by atoms with Crippen LogP contribution in [0.5, 0.6) is 0 Å². The van der Waals surface area contributed by atoms with E-state index in [1.807, 2.05) is 39.0 Å². The molecular formula is C17H18N4O2S2. The van der Waals surface area contributed by atoms with Crippen LogP contribution >= 0.6 is 23.1 Å². The number of ether oxygens (including phenoxy) is 1. The van der Waals surface area contributed by atoms with Crippen molar-refractivity contribution < 1.29 is 9.53 Å². The number of nitrogens with one attached hydrogen (secondary N) is 1. The predicted octanol–water partition coefficient (Wildman–Crippen LogP) is 4.73. The molecule has 25 heavy (non-hydrogen) atoms. The highest BCUT2D eigenvalue weighted by Crippen LogP contribution is 2.30. The maximum Gasteiger partial charge on any atom is 0.412 e. The summed E-state index contributed by atoms with van der Waals surface area (Å²) < 4.78 is 7.35. The Kier molecular flexibility index (Phi) is 5.19. The summed E-state index contributed by atoms with van der Waals surface area (Å²) in [4.78, 5) is 24.8. The van der Waals surface area contributed by atoms with Gasteiger partial charge in [0.1, 0.15) is 11.4 Å². The summed E-state index contributed by atoms with van der Waals surface area (Å²) in [5, 5.41) is 2.61. The van der Waals surface area contributed by atoms with Crippen LogP contribution in [0.25, 0.3) is 10.2 Å². The molecule has 0 saturated carbocycles. The van der Waals surface area contributed by atoms with Crippen molar-refractivity contribution in [3.8, 4) is 0 Å². The first kappa shape index (κ1) is 17.6. The van der Waals surface area contributed by atoms with E-state index >= 15 is 0 Å². The van der Waals surface area contributed by atoms with E-state index in [0.717, 1.165) is 9.86 Å². The number of benzene rings is 1. The van der Waals surface area contributed by atoms with E-state index in [4.69, 9.17) is 4.74 Å². The van der Waals surface area contributed by atoms with Crippen molar-refractivity contribution in [3.63, 3.8) is 0 Å². The minimum Gasteiger partial charge on any atom is -0.444 e. The van der Waals surface area contributed by atoms with Gasteiger partial charge < -0.3 is 4.74 Å². The zero-order valence-corrected chi connectivity index (χ0v) is 15.8. The molecule has 2 aromatic heterocycles. The lowest BCUT2D eigenvalue weighted by Gasteiger charge is -2.19. The Hall–Kier alpha value is -2.19. The fourth-order valence-corrected chi connectivity index (χ4v) is 3.90. The smallest absolute Gasteiger partial charge is 0.412 e. The maximum absolute atomic E-state index is 11.7. The topological polar surface area (TPSA) is 77.0 Å². The molecule has 0 aliphatic rings. The fraction of sp³-hybridized carbons (Fsp3) is 0.294. The minimum atomic E-state index is -0.543. The summed E-state index contributed by atoms with van der Waals surface area (Å²) >= 11 is 3.25. The molecular weight excluding hydrogens is 356 g/mol. The molecule has 1 aromatic carbocycles. The van der Waals surface area contributed by atoms with Gasteiger partial charge >= 0.3 is 6.09 Å². The van der Waals surface area contributed by atoms with Gasteiger partial charge in [0.15, 0.2) is 4.34 Å². The first-order chi connectivity index (χ1) is 11.9. The van der Waals surface area contributed by atoms with Crippen molar-refractivity contribution in [3.05, 3.63) is 42.5 Å². The van der Waals surface area contributed by atoms with Crippen molar-refractivity contribution in [2.45, 2.75) is 36.5 Å². The summed E-state index contributed by atoms with van der Waals surface area (Å²) in [5.74, 6) is 1.30. The fourth-order valence-electron chi connectivity index (χ4n) is 1.95. The van der Waals surface area contributed by atoms with E-state index in [1.165, 1.54) is 4.70 Å². The summed E-state index contributed by atoms with van der Waals surface area (Å²) in [6, 6.07) is 8.05. The number of thiazole rings is 1. The number of aromatic nitrogens is 3. The number of para-hydroxylation sites is 1. The Bertz CT molecular complexity index is 839. The number of carbonyl (C=O) groups excluding carboxylic acids is 1. The molecule has 6 nitrogen and oxygen atoms in total. The molecule has 0 spiro atoms. The van der Waals surface area contributed by atoms with Crippen LogP contribution in [0.15, 0.2) is 41.0 Å². The lowest BCUT2D eigenvalue weighted by atomic mass is 10.2. The van der Waals surface area contributed by atoms with Gasteiger partial charge in [0.05, 0.1) is 34.1 Å². The van der Waals surface area contributed by atoms with Crippen LogP contribution in [0, 0.1) is 0 Å². The van der Waals surface area contributed by atoms with Gasteiger partial charge in [-0.3, -0.25) is 5.32 Å². The minimum absolute atomic E-state index is 0.503. The number of amides is 1. The molecule has 0 unspecified atom stereocenters. The summed E-state index contributed by atoms with van der Waals surface area (Å²) in [6.45, 7) is 5.43. The number of thioether (sulfide) groups is 1. The van der Waals surface area contributed by atoms with E-state index in [9.17, 15) is 4.79 Å². The van der Waals surface area contributed by atoms with E-state index in [1.54, 1.807) is 35.5 Å². The molecule has 1 amide bonds. The lowest BCUT2D eigenvalue weighted by molar-refractivity contribution is 0.0636. The Labute approximate surface area is 154 Å². The molecule has 0 bridgehead atoms. The quantitative estimate of drug-likeness (QED) is 0.666. The number of rotatable bonds is 4. The molecule has 0 aliphatic heterocycles. The number of hydrogen-bond acceptors (Lipinski definition) is 7. The predicted molar refractivity (Wildman–Crippen MR) is 101 cm³/mol. The molecule has 130 valence electrons. The van der Waals surface area contributed by atoms with Crippen LogP contribution in [0.2, 0.25) is 0 Å². The molecule has 1 N–H and O–H groups in total. The SMILES string of the molecule is CC(C)(C)OC(=O)Nc1cnc(CSc2nc3ccccc3s2)nc1. The van der Waals surface area contributed by atoms with Gasteiger partial charge in [-0.1, -0.05) is 23.9 Å². The Morgan fingerprint density at radius 1 is 1.24 bits per heavy atom. The van der Waals surface area contributed by atoms with E-state index in [-0.39, 0.29) is 0 Å². The van der Waals surface area contributed by atoms with Gasteiger partial charge in [-0.05, 0) is 32.9 Å². The Morgan fingerprint density at radius 2 is 1.96 bits per heavy atom. The van der Waals surface area contributed by atoms with E-state index in [0.29, 0.717) is 17.3 Å². The molecule has 3 rings (SSSR count). The zero-order chi connectivity index (χ0) is 17.9. The molecule has 2 heterocycles. The monoisotopic (exact) mass is 374 g/mol. The third kappa shape index (κ3) is 5.14. The molecule has 3 aromatic rings. The first-order valence-electron chi connectivity index (χ1n) is 7.68. The van der Waals surface area contributed by atoms with Gasteiger partial charge in [-0.15, -0.1) is 11.3 Å². The van der Waals surface area contributed by atoms with Crippen LogP contribution in [0.1, 0.15) is 26.6 Å². The third-order valence-corrected chi connectivity index (χ3v) is 5.12. The standard InChI is InChI=1S/C17H18N4O2S2/c1-17(2,3)23-15(22)20-11-8-18-14(19-9-11)10-24-16-21-12-6-4-5-7-13(12)25-16/h4-9H,10H2,1-3H3,(H,20,22).